The zero-order chi connectivity index (χ0) is 30.4. The number of sulfonamides is 1. The average molecular weight is 604 g/mol. The van der Waals surface area contributed by atoms with E-state index in [1.54, 1.807) is 15.8 Å². The second-order valence-corrected chi connectivity index (χ2v) is 12.5. The van der Waals surface area contributed by atoms with Gasteiger partial charge in [-0.1, -0.05) is 20.3 Å². The molecule has 2 saturated heterocycles. The average Bonchev–Trinajstić information content (AvgIpc) is 3.34. The number of rotatable bonds is 12. The van der Waals surface area contributed by atoms with Gasteiger partial charge in [-0.3, -0.25) is 14.5 Å². The third-order valence-electron chi connectivity index (χ3n) is 8.03. The molecule has 2 aliphatic heterocycles. The summed E-state index contributed by atoms with van der Waals surface area (Å²) in [7, 11) is -3.95. The van der Waals surface area contributed by atoms with Gasteiger partial charge >= 0.3 is 0 Å². The molecule has 42 heavy (non-hydrogen) atoms. The minimum absolute atomic E-state index is 0.0187. The predicted octanol–water partition coefficient (Wildman–Crippen LogP) is 1.77. The Bertz CT molecular complexity index is 1370. The van der Waals surface area contributed by atoms with Gasteiger partial charge in [0.25, 0.3) is 11.8 Å². The van der Waals surface area contributed by atoms with Crippen molar-refractivity contribution in [1.29, 1.82) is 0 Å². The van der Waals surface area contributed by atoms with E-state index in [9.17, 15) is 18.0 Å². The zero-order valence-electron chi connectivity index (χ0n) is 25.2. The van der Waals surface area contributed by atoms with Gasteiger partial charge < -0.3 is 30.6 Å². The van der Waals surface area contributed by atoms with Gasteiger partial charge in [-0.05, 0) is 50.6 Å². The highest BCUT2D eigenvalue weighted by molar-refractivity contribution is 7.89. The molecule has 12 nitrogen and oxygen atoms in total. The van der Waals surface area contributed by atoms with E-state index in [-0.39, 0.29) is 34.7 Å². The van der Waals surface area contributed by atoms with Crippen LogP contribution in [0.2, 0.25) is 0 Å². The van der Waals surface area contributed by atoms with Crippen LogP contribution < -0.4 is 21.1 Å². The molecule has 13 heteroatoms. The smallest absolute Gasteiger partial charge is 0.267 e. The van der Waals surface area contributed by atoms with Gasteiger partial charge in [-0.25, -0.2) is 8.42 Å². The summed E-state index contributed by atoms with van der Waals surface area (Å²) in [6, 6.07) is 4.40. The van der Waals surface area contributed by atoms with Crippen molar-refractivity contribution in [3.05, 3.63) is 41.2 Å². The predicted molar refractivity (Wildman–Crippen MR) is 162 cm³/mol. The standard InChI is InChI=1S/C29H45N7O5S/c1-5-9-21-20-34(7-3)27(28(30)37)26(21)32-29(38)23-18-22(10-11-24(23)41-8-4)42(39,40)36-13-12-31-19-25(36)35-16-14-33(6-2)15-17-35/h10-11,18,20,25,31H,5-9,12-17,19H2,1-4H3,(H2,30,37)(H,32,38). The van der Waals surface area contributed by atoms with Crippen molar-refractivity contribution in [3.8, 4) is 5.75 Å². The van der Waals surface area contributed by atoms with Crippen molar-refractivity contribution in [3.63, 3.8) is 0 Å². The van der Waals surface area contributed by atoms with Crippen LogP contribution in [0.3, 0.4) is 0 Å². The number of likely N-dealkylation sites (N-methyl/N-ethyl adjacent to an activating group) is 1. The molecule has 4 N–H and O–H groups in total. The molecule has 0 spiro atoms. The summed E-state index contributed by atoms with van der Waals surface area (Å²) in [5.74, 6) is -0.966. The molecule has 1 atom stereocenters. The lowest BCUT2D eigenvalue weighted by Crippen LogP contribution is -2.63. The zero-order valence-corrected chi connectivity index (χ0v) is 26.0. The van der Waals surface area contributed by atoms with Crippen LogP contribution in [0.5, 0.6) is 5.75 Å². The minimum atomic E-state index is -3.95. The van der Waals surface area contributed by atoms with Crippen LogP contribution in [-0.2, 0) is 23.0 Å². The molecular formula is C29H45N7O5S. The molecule has 2 aliphatic rings. The Morgan fingerprint density at radius 3 is 2.43 bits per heavy atom. The van der Waals surface area contributed by atoms with Crippen molar-refractivity contribution in [1.82, 2.24) is 24.0 Å². The lowest BCUT2D eigenvalue weighted by Gasteiger charge is -2.45. The molecule has 1 unspecified atom stereocenters. The van der Waals surface area contributed by atoms with Gasteiger partial charge in [0.1, 0.15) is 11.4 Å². The summed E-state index contributed by atoms with van der Waals surface area (Å²) in [4.78, 5) is 30.8. The lowest BCUT2D eigenvalue weighted by molar-refractivity contribution is 0.0359. The van der Waals surface area contributed by atoms with Crippen molar-refractivity contribution < 1.29 is 22.7 Å². The summed E-state index contributed by atoms with van der Waals surface area (Å²) in [6.07, 6.45) is 2.93. The van der Waals surface area contributed by atoms with Crippen LogP contribution in [-0.4, -0.2) is 104 Å². The van der Waals surface area contributed by atoms with E-state index in [4.69, 9.17) is 10.5 Å². The number of ether oxygens (including phenoxy) is 1. The lowest BCUT2D eigenvalue weighted by atomic mass is 10.1. The van der Waals surface area contributed by atoms with Crippen molar-refractivity contribution in [2.45, 2.75) is 58.1 Å². The number of nitrogens with one attached hydrogen (secondary N) is 2. The highest BCUT2D eigenvalue weighted by Gasteiger charge is 2.38. The van der Waals surface area contributed by atoms with Crippen LogP contribution in [0.15, 0.2) is 29.3 Å². The molecule has 2 amide bonds. The third-order valence-corrected chi connectivity index (χ3v) is 9.93. The molecule has 1 aromatic carbocycles. The van der Waals surface area contributed by atoms with Crippen LogP contribution in [0.25, 0.3) is 0 Å². The number of anilines is 1. The molecular weight excluding hydrogens is 558 g/mol. The number of carbonyl (C=O) groups is 2. The molecule has 2 fully saturated rings. The van der Waals surface area contributed by atoms with Gasteiger partial charge in [-0.15, -0.1) is 0 Å². The maximum absolute atomic E-state index is 14.1. The first-order chi connectivity index (χ1) is 20.2. The van der Waals surface area contributed by atoms with Crippen LogP contribution >= 0.6 is 0 Å². The van der Waals surface area contributed by atoms with E-state index in [2.05, 4.69) is 27.4 Å². The van der Waals surface area contributed by atoms with Crippen molar-refractivity contribution in [2.24, 2.45) is 5.73 Å². The van der Waals surface area contributed by atoms with Gasteiger partial charge in [0.15, 0.2) is 0 Å². The first-order valence-corrected chi connectivity index (χ1v) is 16.4. The number of hydrogen-bond donors (Lipinski definition) is 3. The summed E-state index contributed by atoms with van der Waals surface area (Å²) in [5, 5.41) is 6.22. The van der Waals surface area contributed by atoms with Crippen LogP contribution in [0, 0.1) is 0 Å². The Morgan fingerprint density at radius 1 is 1.07 bits per heavy atom. The topological polar surface area (TPSA) is 142 Å². The number of hydrogen-bond acceptors (Lipinski definition) is 8. The SMILES string of the molecule is CCCc1cn(CC)c(C(N)=O)c1NC(=O)c1cc(S(=O)(=O)N2CCNCC2N2CCN(CC)CC2)ccc1OCC. The third kappa shape index (κ3) is 6.65. The quantitative estimate of drug-likeness (QED) is 0.333. The number of carbonyl (C=O) groups excluding carboxylic acids is 2. The molecule has 0 saturated carbocycles. The van der Waals surface area contributed by atoms with E-state index in [0.717, 1.165) is 44.7 Å². The largest absolute Gasteiger partial charge is 0.493 e. The van der Waals surface area contributed by atoms with Crippen molar-refractivity contribution in [2.75, 3.05) is 64.3 Å². The molecule has 1 aromatic heterocycles. The van der Waals surface area contributed by atoms with E-state index in [0.29, 0.717) is 38.3 Å². The fourth-order valence-electron chi connectivity index (χ4n) is 5.81. The Kier molecular flexibility index (Phi) is 10.7. The number of aryl methyl sites for hydroxylation is 2. The monoisotopic (exact) mass is 603 g/mol. The fraction of sp³-hybridized carbons (Fsp3) is 0.586. The van der Waals surface area contributed by atoms with Crippen LogP contribution in [0.1, 0.15) is 60.5 Å². The number of amides is 2. The van der Waals surface area contributed by atoms with E-state index >= 15 is 0 Å². The molecule has 3 heterocycles. The second-order valence-electron chi connectivity index (χ2n) is 10.6. The molecule has 0 aliphatic carbocycles. The maximum atomic E-state index is 14.1. The van der Waals surface area contributed by atoms with E-state index < -0.39 is 21.8 Å². The number of primary amides is 1. The molecule has 4 rings (SSSR count). The Hall–Kier alpha value is -2.97. The number of benzene rings is 1. The Balaban J connectivity index is 1.68. The summed E-state index contributed by atoms with van der Waals surface area (Å²) >= 11 is 0. The van der Waals surface area contributed by atoms with Gasteiger partial charge in [0.05, 0.1) is 28.9 Å². The first-order valence-electron chi connectivity index (χ1n) is 14.9. The number of aromatic nitrogens is 1. The summed E-state index contributed by atoms with van der Waals surface area (Å²) in [6.45, 7) is 14.3. The van der Waals surface area contributed by atoms with E-state index in [1.165, 1.54) is 18.2 Å². The molecule has 232 valence electrons. The molecule has 0 radical (unpaired) electrons. The van der Waals surface area contributed by atoms with Crippen LogP contribution in [0.4, 0.5) is 5.69 Å². The first kappa shape index (κ1) is 32.0. The van der Waals surface area contributed by atoms with Crippen molar-refractivity contribution >= 4 is 27.5 Å². The maximum Gasteiger partial charge on any atom is 0.267 e. The highest BCUT2D eigenvalue weighted by Crippen LogP contribution is 2.30. The Morgan fingerprint density at radius 2 is 1.81 bits per heavy atom. The second kappa shape index (κ2) is 14.0. The molecule has 0 bridgehead atoms. The van der Waals surface area contributed by atoms with Gasteiger partial charge in [0, 0.05) is 58.6 Å². The normalized spacial score (nSPS) is 19.1. The summed E-state index contributed by atoms with van der Waals surface area (Å²) < 4.78 is 37.2. The Labute approximate surface area is 249 Å². The number of nitrogens with zero attached hydrogens (tertiary/aromatic N) is 4. The number of piperazine rings is 2. The molecule has 2 aromatic rings. The van der Waals surface area contributed by atoms with E-state index in [1.807, 2.05) is 20.0 Å². The number of nitrogens with two attached hydrogens (primary N) is 1. The van der Waals surface area contributed by atoms with Gasteiger partial charge in [0.2, 0.25) is 10.0 Å². The fourth-order valence-corrected chi connectivity index (χ4v) is 7.45. The summed E-state index contributed by atoms with van der Waals surface area (Å²) in [5.41, 5.74) is 7.13. The van der Waals surface area contributed by atoms with Gasteiger partial charge in [-0.2, -0.15) is 4.31 Å². The minimum Gasteiger partial charge on any atom is -0.493 e. The highest BCUT2D eigenvalue weighted by atomic mass is 32.2.